The van der Waals surface area contributed by atoms with Gasteiger partial charge in [0.1, 0.15) is 11.6 Å². The molecule has 0 aliphatic heterocycles. The van der Waals surface area contributed by atoms with Gasteiger partial charge in [-0.15, -0.1) is 0 Å². The Balaban J connectivity index is 2.80. The van der Waals surface area contributed by atoms with Crippen molar-refractivity contribution in [3.8, 4) is 5.88 Å². The van der Waals surface area contributed by atoms with Crippen LogP contribution in [0.3, 0.4) is 0 Å². The van der Waals surface area contributed by atoms with E-state index in [1.54, 1.807) is 6.07 Å². The molecule has 0 fully saturated rings. The van der Waals surface area contributed by atoms with E-state index in [9.17, 15) is 0 Å². The monoisotopic (exact) mass is 223 g/mol. The molecular formula is C12H21N3O. The van der Waals surface area contributed by atoms with Crippen LogP contribution >= 0.6 is 0 Å². The number of rotatable bonds is 5. The van der Waals surface area contributed by atoms with Gasteiger partial charge in [-0.1, -0.05) is 27.2 Å². The Morgan fingerprint density at radius 3 is 2.56 bits per heavy atom. The predicted octanol–water partition coefficient (Wildman–Crippen LogP) is 2.75. The van der Waals surface area contributed by atoms with Crippen molar-refractivity contribution in [1.82, 2.24) is 9.97 Å². The van der Waals surface area contributed by atoms with Gasteiger partial charge >= 0.3 is 0 Å². The molecular weight excluding hydrogens is 202 g/mol. The molecule has 0 amide bonds. The van der Waals surface area contributed by atoms with E-state index in [-0.39, 0.29) is 12.0 Å². The molecule has 0 bridgehead atoms. The van der Waals surface area contributed by atoms with Gasteiger partial charge in [0.2, 0.25) is 5.88 Å². The quantitative estimate of drug-likeness (QED) is 0.833. The molecule has 0 radical (unpaired) electrons. The number of hydrogen-bond acceptors (Lipinski definition) is 4. The Labute approximate surface area is 97.2 Å². The summed E-state index contributed by atoms with van der Waals surface area (Å²) in [5.41, 5.74) is 5.72. The van der Waals surface area contributed by atoms with Gasteiger partial charge in [-0.2, -0.15) is 4.98 Å². The highest BCUT2D eigenvalue weighted by Crippen LogP contribution is 2.18. The molecule has 0 aliphatic rings. The van der Waals surface area contributed by atoms with Crippen molar-refractivity contribution in [3.05, 3.63) is 11.9 Å². The number of anilines is 1. The summed E-state index contributed by atoms with van der Waals surface area (Å²) in [7, 11) is 0. The summed E-state index contributed by atoms with van der Waals surface area (Å²) >= 11 is 0. The number of nitrogens with two attached hydrogens (primary N) is 1. The first-order valence-corrected chi connectivity index (χ1v) is 5.84. The van der Waals surface area contributed by atoms with Crippen LogP contribution < -0.4 is 10.5 Å². The third-order valence-corrected chi connectivity index (χ3v) is 2.27. The van der Waals surface area contributed by atoms with Gasteiger partial charge in [-0.05, 0) is 13.3 Å². The van der Waals surface area contributed by atoms with Gasteiger partial charge < -0.3 is 10.5 Å². The smallest absolute Gasteiger partial charge is 0.218 e. The van der Waals surface area contributed by atoms with Gasteiger partial charge in [0.25, 0.3) is 0 Å². The molecule has 4 heteroatoms. The van der Waals surface area contributed by atoms with Crippen LogP contribution in [0, 0.1) is 0 Å². The zero-order chi connectivity index (χ0) is 12.1. The molecule has 1 heterocycles. The van der Waals surface area contributed by atoms with E-state index in [4.69, 9.17) is 10.5 Å². The van der Waals surface area contributed by atoms with Crippen molar-refractivity contribution < 1.29 is 4.74 Å². The number of nitrogens with zero attached hydrogens (tertiary/aromatic N) is 2. The Bertz CT molecular complexity index is 339. The molecule has 0 saturated heterocycles. The second-order valence-corrected chi connectivity index (χ2v) is 4.36. The molecule has 0 spiro atoms. The number of aromatic nitrogens is 2. The summed E-state index contributed by atoms with van der Waals surface area (Å²) in [6.07, 6.45) is 2.28. The van der Waals surface area contributed by atoms with Crippen LogP contribution in [-0.4, -0.2) is 16.1 Å². The SMILES string of the molecule is CCCC(C)Oc1cc(N)nc(C(C)C)n1. The first kappa shape index (κ1) is 12.7. The molecule has 1 rings (SSSR count). The second kappa shape index (κ2) is 5.68. The van der Waals surface area contributed by atoms with E-state index in [0.29, 0.717) is 11.7 Å². The minimum absolute atomic E-state index is 0.166. The van der Waals surface area contributed by atoms with Crippen molar-refractivity contribution in [2.45, 2.75) is 52.6 Å². The standard InChI is InChI=1S/C12H21N3O/c1-5-6-9(4)16-11-7-10(13)14-12(15-11)8(2)3/h7-9H,5-6H2,1-4H3,(H2,13,14,15). The highest BCUT2D eigenvalue weighted by Gasteiger charge is 2.09. The third kappa shape index (κ3) is 3.68. The van der Waals surface area contributed by atoms with Crippen molar-refractivity contribution in [3.63, 3.8) is 0 Å². The van der Waals surface area contributed by atoms with Gasteiger partial charge in [-0.25, -0.2) is 4.98 Å². The summed E-state index contributed by atoms with van der Waals surface area (Å²) < 4.78 is 5.70. The van der Waals surface area contributed by atoms with E-state index in [1.165, 1.54) is 0 Å². The minimum Gasteiger partial charge on any atom is -0.475 e. The zero-order valence-electron chi connectivity index (χ0n) is 10.5. The van der Waals surface area contributed by atoms with E-state index >= 15 is 0 Å². The van der Waals surface area contributed by atoms with Crippen molar-refractivity contribution in [2.75, 3.05) is 5.73 Å². The van der Waals surface area contributed by atoms with E-state index in [2.05, 4.69) is 16.9 Å². The van der Waals surface area contributed by atoms with Crippen LogP contribution in [0.25, 0.3) is 0 Å². The lowest BCUT2D eigenvalue weighted by atomic mass is 10.2. The lowest BCUT2D eigenvalue weighted by Gasteiger charge is -2.14. The predicted molar refractivity (Wildman–Crippen MR) is 65.5 cm³/mol. The Kier molecular flexibility index (Phi) is 4.52. The van der Waals surface area contributed by atoms with E-state index < -0.39 is 0 Å². The fourth-order valence-corrected chi connectivity index (χ4v) is 1.45. The van der Waals surface area contributed by atoms with Crippen LogP contribution in [0.1, 0.15) is 52.3 Å². The third-order valence-electron chi connectivity index (χ3n) is 2.27. The lowest BCUT2D eigenvalue weighted by Crippen LogP contribution is -2.13. The maximum Gasteiger partial charge on any atom is 0.218 e. The molecule has 90 valence electrons. The van der Waals surface area contributed by atoms with Crippen molar-refractivity contribution in [2.24, 2.45) is 0 Å². The van der Waals surface area contributed by atoms with Gasteiger partial charge in [-0.3, -0.25) is 0 Å². The molecule has 1 aromatic rings. The second-order valence-electron chi connectivity index (χ2n) is 4.36. The summed E-state index contributed by atoms with van der Waals surface area (Å²) in [4.78, 5) is 8.52. The van der Waals surface area contributed by atoms with Crippen LogP contribution in [0.4, 0.5) is 5.82 Å². The molecule has 1 atom stereocenters. The lowest BCUT2D eigenvalue weighted by molar-refractivity contribution is 0.200. The Hall–Kier alpha value is -1.32. The zero-order valence-corrected chi connectivity index (χ0v) is 10.5. The van der Waals surface area contributed by atoms with Crippen LogP contribution in [0.15, 0.2) is 6.07 Å². The largest absolute Gasteiger partial charge is 0.475 e. The highest BCUT2D eigenvalue weighted by molar-refractivity contribution is 5.33. The van der Waals surface area contributed by atoms with Crippen molar-refractivity contribution in [1.29, 1.82) is 0 Å². The summed E-state index contributed by atoms with van der Waals surface area (Å²) in [5.74, 6) is 2.04. The molecule has 0 aliphatic carbocycles. The van der Waals surface area contributed by atoms with Gasteiger partial charge in [0.05, 0.1) is 6.10 Å². The number of nitrogen functional groups attached to an aromatic ring is 1. The maximum absolute atomic E-state index is 5.72. The Morgan fingerprint density at radius 1 is 1.31 bits per heavy atom. The first-order chi connectivity index (χ1) is 7.52. The van der Waals surface area contributed by atoms with Crippen LogP contribution in [0.5, 0.6) is 5.88 Å². The van der Waals surface area contributed by atoms with E-state index in [0.717, 1.165) is 18.7 Å². The minimum atomic E-state index is 0.166. The molecule has 16 heavy (non-hydrogen) atoms. The summed E-state index contributed by atoms with van der Waals surface area (Å²) in [6, 6.07) is 1.68. The van der Waals surface area contributed by atoms with E-state index in [1.807, 2.05) is 20.8 Å². The topological polar surface area (TPSA) is 61.0 Å². The Morgan fingerprint density at radius 2 is 2.00 bits per heavy atom. The van der Waals surface area contributed by atoms with Crippen LogP contribution in [0.2, 0.25) is 0 Å². The molecule has 1 unspecified atom stereocenters. The molecule has 2 N–H and O–H groups in total. The molecule has 0 aromatic carbocycles. The normalized spacial score (nSPS) is 12.8. The van der Waals surface area contributed by atoms with Crippen LogP contribution in [-0.2, 0) is 0 Å². The maximum atomic E-state index is 5.72. The first-order valence-electron chi connectivity index (χ1n) is 5.84. The van der Waals surface area contributed by atoms with Gasteiger partial charge in [0.15, 0.2) is 0 Å². The summed E-state index contributed by atoms with van der Waals surface area (Å²) in [5, 5.41) is 0. The number of ether oxygens (including phenoxy) is 1. The fraction of sp³-hybridized carbons (Fsp3) is 0.667. The highest BCUT2D eigenvalue weighted by atomic mass is 16.5. The number of hydrogen-bond donors (Lipinski definition) is 1. The molecule has 4 nitrogen and oxygen atoms in total. The summed E-state index contributed by atoms with van der Waals surface area (Å²) in [6.45, 7) is 8.24. The average molecular weight is 223 g/mol. The fourth-order valence-electron chi connectivity index (χ4n) is 1.45. The molecule has 0 saturated carbocycles. The van der Waals surface area contributed by atoms with Crippen molar-refractivity contribution >= 4 is 5.82 Å². The van der Waals surface area contributed by atoms with Gasteiger partial charge in [0, 0.05) is 12.0 Å². The average Bonchev–Trinajstić information content (AvgIpc) is 2.16. The molecule has 1 aromatic heterocycles.